The predicted molar refractivity (Wildman–Crippen MR) is 84.5 cm³/mol. The second-order valence-corrected chi connectivity index (χ2v) is 6.18. The minimum Gasteiger partial charge on any atom is -0.360 e. The topological polar surface area (TPSA) is 75.6 Å². The second-order valence-electron chi connectivity index (χ2n) is 6.18. The minimum atomic E-state index is -4.60. The smallest absolute Gasteiger partial charge is 0.360 e. The Hall–Kier alpha value is -2.69. The number of hydrogen-bond donors (Lipinski definition) is 0. The molecule has 1 aliphatic rings. The van der Waals surface area contributed by atoms with E-state index in [9.17, 15) is 13.2 Å². The second kappa shape index (κ2) is 6.24. The number of hydrogen-bond acceptors (Lipinski definition) is 7. The fraction of sp³-hybridized carbons (Fsp3) is 0.467. The van der Waals surface area contributed by atoms with Gasteiger partial charge >= 0.3 is 6.18 Å². The normalized spacial score (nSPS) is 16.5. The van der Waals surface area contributed by atoms with E-state index in [2.05, 4.69) is 25.4 Å². The third-order valence-corrected chi connectivity index (χ3v) is 4.25. The van der Waals surface area contributed by atoms with E-state index in [1.165, 1.54) is 6.07 Å². The first-order chi connectivity index (χ1) is 12.4. The van der Waals surface area contributed by atoms with Gasteiger partial charge < -0.3 is 9.42 Å². The molecule has 0 aliphatic carbocycles. The summed E-state index contributed by atoms with van der Waals surface area (Å²) >= 11 is 0. The average Bonchev–Trinajstić information content (AvgIpc) is 3.20. The number of piperazine rings is 1. The Morgan fingerprint density at radius 3 is 2.54 bits per heavy atom. The first-order valence-electron chi connectivity index (χ1n) is 8.09. The lowest BCUT2D eigenvalue weighted by Crippen LogP contribution is -2.46. The van der Waals surface area contributed by atoms with Crippen molar-refractivity contribution in [3.05, 3.63) is 35.5 Å². The van der Waals surface area contributed by atoms with E-state index in [4.69, 9.17) is 4.52 Å². The number of aromatic nitrogens is 5. The molecule has 0 amide bonds. The zero-order valence-electron chi connectivity index (χ0n) is 13.9. The highest BCUT2D eigenvalue weighted by Gasteiger charge is 2.37. The van der Waals surface area contributed by atoms with E-state index in [-0.39, 0.29) is 5.65 Å². The van der Waals surface area contributed by atoms with Crippen LogP contribution in [0, 0.1) is 6.92 Å². The summed E-state index contributed by atoms with van der Waals surface area (Å²) in [6.45, 7) is 5.31. The zero-order valence-corrected chi connectivity index (χ0v) is 13.9. The maximum Gasteiger partial charge on any atom is 0.453 e. The predicted octanol–water partition coefficient (Wildman–Crippen LogP) is 1.76. The summed E-state index contributed by atoms with van der Waals surface area (Å²) in [6, 6.07) is 5.06. The molecule has 11 heteroatoms. The van der Waals surface area contributed by atoms with Gasteiger partial charge in [0.25, 0.3) is 5.82 Å². The molecule has 3 aromatic rings. The molecule has 0 unspecified atom stereocenters. The summed E-state index contributed by atoms with van der Waals surface area (Å²) in [5.41, 5.74) is 0.908. The number of halogens is 3. The minimum absolute atomic E-state index is 0.0698. The van der Waals surface area contributed by atoms with Gasteiger partial charge in [0.05, 0.1) is 12.2 Å². The summed E-state index contributed by atoms with van der Waals surface area (Å²) in [7, 11) is 0. The Labute approximate surface area is 146 Å². The highest BCUT2D eigenvalue weighted by Crippen LogP contribution is 2.28. The number of alkyl halides is 3. The van der Waals surface area contributed by atoms with Crippen LogP contribution in [0.5, 0.6) is 0 Å². The molecule has 4 rings (SSSR count). The molecule has 0 spiro atoms. The Kier molecular flexibility index (Phi) is 4.02. The molecule has 0 aromatic carbocycles. The number of rotatable bonds is 3. The van der Waals surface area contributed by atoms with Crippen LogP contribution in [0.15, 0.2) is 22.7 Å². The molecule has 1 fully saturated rings. The lowest BCUT2D eigenvalue weighted by atomic mass is 10.3. The molecule has 1 saturated heterocycles. The number of nitrogens with zero attached hydrogens (tertiary/aromatic N) is 7. The Morgan fingerprint density at radius 1 is 1.12 bits per heavy atom. The maximum atomic E-state index is 13.0. The number of fused-ring (bicyclic) bond motifs is 1. The highest BCUT2D eigenvalue weighted by molar-refractivity contribution is 5.46. The fourth-order valence-electron chi connectivity index (χ4n) is 2.97. The third kappa shape index (κ3) is 3.21. The largest absolute Gasteiger partial charge is 0.453 e. The fourth-order valence-corrected chi connectivity index (χ4v) is 2.97. The van der Waals surface area contributed by atoms with Crippen molar-refractivity contribution in [1.82, 2.24) is 29.9 Å². The summed E-state index contributed by atoms with van der Waals surface area (Å²) in [5.74, 6) is 0.154. The lowest BCUT2D eigenvalue weighted by molar-refractivity contribution is -0.146. The van der Waals surface area contributed by atoms with Gasteiger partial charge in [0, 0.05) is 32.2 Å². The van der Waals surface area contributed by atoms with Crippen LogP contribution in [0.1, 0.15) is 17.3 Å². The molecule has 0 saturated carbocycles. The molecular weight excluding hydrogens is 351 g/mol. The van der Waals surface area contributed by atoms with Gasteiger partial charge in [0.2, 0.25) is 0 Å². The molecule has 0 bridgehead atoms. The number of anilines is 1. The van der Waals surface area contributed by atoms with Crippen LogP contribution >= 0.6 is 0 Å². The van der Waals surface area contributed by atoms with Gasteiger partial charge in [0.15, 0.2) is 11.4 Å². The van der Waals surface area contributed by atoms with E-state index in [1.54, 1.807) is 6.07 Å². The first-order valence-corrected chi connectivity index (χ1v) is 8.09. The Balaban J connectivity index is 1.47. The van der Waals surface area contributed by atoms with Crippen molar-refractivity contribution >= 4 is 11.5 Å². The van der Waals surface area contributed by atoms with Crippen LogP contribution in [-0.2, 0) is 12.7 Å². The van der Waals surface area contributed by atoms with Crippen LogP contribution < -0.4 is 4.90 Å². The third-order valence-electron chi connectivity index (χ3n) is 4.25. The summed E-state index contributed by atoms with van der Waals surface area (Å²) in [5, 5.41) is 14.7. The first kappa shape index (κ1) is 16.8. The molecule has 138 valence electrons. The van der Waals surface area contributed by atoms with E-state index in [0.717, 1.165) is 29.1 Å². The molecule has 8 nitrogen and oxygen atoms in total. The van der Waals surface area contributed by atoms with Crippen molar-refractivity contribution in [2.75, 3.05) is 31.1 Å². The SMILES string of the molecule is Cc1cc(CN2CCN(c3ccc4nnc(C(F)(F)F)n4n3)CC2)on1. The molecule has 0 atom stereocenters. The molecule has 1 aliphatic heterocycles. The standard InChI is InChI=1S/C15H16F3N7O/c1-10-8-11(26-22-10)9-23-4-6-24(7-5-23)13-3-2-12-19-20-14(15(16,17)18)25(12)21-13/h2-3,8H,4-7,9H2,1H3. The molecule has 4 heterocycles. The van der Waals surface area contributed by atoms with Crippen LogP contribution in [0.2, 0.25) is 0 Å². The van der Waals surface area contributed by atoms with Gasteiger partial charge in [-0.3, -0.25) is 4.90 Å². The highest BCUT2D eigenvalue weighted by atomic mass is 19.4. The molecule has 0 radical (unpaired) electrons. The van der Waals surface area contributed by atoms with Gasteiger partial charge in [-0.05, 0) is 19.1 Å². The van der Waals surface area contributed by atoms with Gasteiger partial charge in [-0.25, -0.2) is 0 Å². The van der Waals surface area contributed by atoms with Crippen LogP contribution in [-0.4, -0.2) is 56.0 Å². The van der Waals surface area contributed by atoms with E-state index in [1.807, 2.05) is 17.9 Å². The van der Waals surface area contributed by atoms with Crippen LogP contribution in [0.3, 0.4) is 0 Å². The van der Waals surface area contributed by atoms with E-state index < -0.39 is 12.0 Å². The summed E-state index contributed by atoms with van der Waals surface area (Å²) < 4.78 is 44.9. The monoisotopic (exact) mass is 367 g/mol. The molecule has 0 N–H and O–H groups in total. The molecular formula is C15H16F3N7O. The van der Waals surface area contributed by atoms with Crippen molar-refractivity contribution in [1.29, 1.82) is 0 Å². The average molecular weight is 367 g/mol. The van der Waals surface area contributed by atoms with E-state index >= 15 is 0 Å². The van der Waals surface area contributed by atoms with Gasteiger partial charge in [0.1, 0.15) is 5.82 Å². The van der Waals surface area contributed by atoms with Crippen molar-refractivity contribution in [3.8, 4) is 0 Å². The number of aryl methyl sites for hydroxylation is 1. The molecule has 26 heavy (non-hydrogen) atoms. The van der Waals surface area contributed by atoms with Crippen LogP contribution in [0.4, 0.5) is 19.0 Å². The Bertz CT molecular complexity index is 911. The Morgan fingerprint density at radius 2 is 1.88 bits per heavy atom. The van der Waals surface area contributed by atoms with Gasteiger partial charge in [-0.2, -0.15) is 17.7 Å². The van der Waals surface area contributed by atoms with Crippen LogP contribution in [0.25, 0.3) is 5.65 Å². The van der Waals surface area contributed by atoms with Crippen molar-refractivity contribution in [2.24, 2.45) is 0 Å². The summed E-state index contributed by atoms with van der Waals surface area (Å²) in [4.78, 5) is 4.15. The van der Waals surface area contributed by atoms with E-state index in [0.29, 0.717) is 25.5 Å². The quantitative estimate of drug-likeness (QED) is 0.698. The lowest BCUT2D eigenvalue weighted by Gasteiger charge is -2.34. The maximum absolute atomic E-state index is 13.0. The van der Waals surface area contributed by atoms with Crippen molar-refractivity contribution in [3.63, 3.8) is 0 Å². The van der Waals surface area contributed by atoms with Gasteiger partial charge in [-0.1, -0.05) is 5.16 Å². The van der Waals surface area contributed by atoms with Crippen molar-refractivity contribution < 1.29 is 17.7 Å². The molecule has 3 aromatic heterocycles. The zero-order chi connectivity index (χ0) is 18.3. The summed E-state index contributed by atoms with van der Waals surface area (Å²) in [6.07, 6.45) is -4.60. The van der Waals surface area contributed by atoms with Gasteiger partial charge in [-0.15, -0.1) is 15.3 Å². The van der Waals surface area contributed by atoms with Crippen molar-refractivity contribution in [2.45, 2.75) is 19.6 Å².